The van der Waals surface area contributed by atoms with Crippen LogP contribution in [0.25, 0.3) is 0 Å². The van der Waals surface area contributed by atoms with Crippen LogP contribution < -0.4 is 5.32 Å². The molecule has 0 saturated heterocycles. The summed E-state index contributed by atoms with van der Waals surface area (Å²) in [7, 11) is 0. The molecule has 0 radical (unpaired) electrons. The Balaban J connectivity index is 1.98. The second-order valence-corrected chi connectivity index (χ2v) is 6.12. The first-order valence-electron chi connectivity index (χ1n) is 6.45. The van der Waals surface area contributed by atoms with E-state index in [2.05, 4.69) is 24.4 Å². The summed E-state index contributed by atoms with van der Waals surface area (Å²) in [5.74, 6) is 1.19. The lowest BCUT2D eigenvalue weighted by molar-refractivity contribution is 0.680. The van der Waals surface area contributed by atoms with Gasteiger partial charge in [-0.2, -0.15) is 0 Å². The third kappa shape index (κ3) is 4.20. The molecule has 3 heteroatoms. The van der Waals surface area contributed by atoms with Crippen molar-refractivity contribution in [3.8, 4) is 0 Å². The highest BCUT2D eigenvalue weighted by atomic mass is 35.5. The topological polar surface area (TPSA) is 12.0 Å². The number of unbranched alkanes of at least 4 members (excludes halogenated alkanes) is 1. The van der Waals surface area contributed by atoms with E-state index in [1.807, 2.05) is 17.8 Å². The number of hydrogen-bond acceptors (Lipinski definition) is 2. The van der Waals surface area contributed by atoms with Crippen LogP contribution in [0.4, 0.5) is 0 Å². The zero-order valence-corrected chi connectivity index (χ0v) is 11.9. The average molecular weight is 270 g/mol. The van der Waals surface area contributed by atoms with Crippen LogP contribution in [0.15, 0.2) is 23.1 Å². The molecule has 0 unspecified atom stereocenters. The minimum Gasteiger partial charge on any atom is -0.310 e. The number of nitrogens with one attached hydrogen (secondary N) is 1. The second kappa shape index (κ2) is 6.67. The van der Waals surface area contributed by atoms with E-state index in [0.717, 1.165) is 17.6 Å². The first-order chi connectivity index (χ1) is 8.31. The summed E-state index contributed by atoms with van der Waals surface area (Å²) in [5.41, 5.74) is 1.28. The van der Waals surface area contributed by atoms with E-state index in [1.165, 1.54) is 41.9 Å². The highest BCUT2D eigenvalue weighted by Gasteiger charge is 2.21. The molecule has 0 spiro atoms. The molecule has 0 aromatic heterocycles. The first-order valence-corrected chi connectivity index (χ1v) is 7.81. The van der Waals surface area contributed by atoms with Crippen molar-refractivity contribution in [2.24, 2.45) is 0 Å². The van der Waals surface area contributed by atoms with Gasteiger partial charge >= 0.3 is 0 Å². The molecule has 0 heterocycles. The van der Waals surface area contributed by atoms with Gasteiger partial charge < -0.3 is 5.32 Å². The van der Waals surface area contributed by atoms with Gasteiger partial charge in [-0.15, -0.1) is 11.8 Å². The number of halogens is 1. The zero-order chi connectivity index (χ0) is 12.1. The van der Waals surface area contributed by atoms with E-state index in [1.54, 1.807) is 0 Å². The maximum atomic E-state index is 6.29. The van der Waals surface area contributed by atoms with E-state index in [9.17, 15) is 0 Å². The van der Waals surface area contributed by atoms with Crippen molar-refractivity contribution in [2.45, 2.75) is 50.1 Å². The van der Waals surface area contributed by atoms with Crippen LogP contribution in [0.5, 0.6) is 0 Å². The van der Waals surface area contributed by atoms with Gasteiger partial charge in [0.1, 0.15) is 0 Å². The van der Waals surface area contributed by atoms with Crippen molar-refractivity contribution in [3.63, 3.8) is 0 Å². The Hall–Kier alpha value is -0.180. The van der Waals surface area contributed by atoms with Gasteiger partial charge in [-0.1, -0.05) is 31.0 Å². The Kier molecular flexibility index (Phi) is 5.20. The molecule has 1 aliphatic rings. The lowest BCUT2D eigenvalue weighted by Crippen LogP contribution is -2.16. The Morgan fingerprint density at radius 2 is 2.24 bits per heavy atom. The fraction of sp³-hybridized carbons (Fsp3) is 0.571. The molecule has 0 bridgehead atoms. The molecule has 1 aliphatic carbocycles. The molecule has 0 amide bonds. The number of hydrogen-bond donors (Lipinski definition) is 1. The van der Waals surface area contributed by atoms with E-state index in [-0.39, 0.29) is 0 Å². The van der Waals surface area contributed by atoms with Gasteiger partial charge in [0.2, 0.25) is 0 Å². The van der Waals surface area contributed by atoms with Crippen LogP contribution in [0.1, 0.15) is 38.2 Å². The van der Waals surface area contributed by atoms with Crippen LogP contribution in [-0.4, -0.2) is 11.8 Å². The van der Waals surface area contributed by atoms with Crippen LogP contribution in [-0.2, 0) is 6.54 Å². The molecular weight excluding hydrogens is 250 g/mol. The van der Waals surface area contributed by atoms with Gasteiger partial charge in [0.15, 0.2) is 0 Å². The van der Waals surface area contributed by atoms with Gasteiger partial charge in [0.25, 0.3) is 0 Å². The molecule has 1 aromatic rings. The van der Waals surface area contributed by atoms with E-state index in [0.29, 0.717) is 0 Å². The second-order valence-electron chi connectivity index (χ2n) is 4.57. The van der Waals surface area contributed by atoms with Crippen LogP contribution >= 0.6 is 23.4 Å². The highest BCUT2D eigenvalue weighted by Crippen LogP contribution is 2.30. The maximum absolute atomic E-state index is 6.29. The van der Waals surface area contributed by atoms with Crippen molar-refractivity contribution in [2.75, 3.05) is 5.75 Å². The molecule has 17 heavy (non-hydrogen) atoms. The standard InChI is InChI=1S/C14H20ClNS/c1-2-3-9-17-14-6-4-5-13(15)12(14)10-16-11-7-8-11/h4-6,11,16H,2-3,7-10H2,1H3. The van der Waals surface area contributed by atoms with E-state index < -0.39 is 0 Å². The van der Waals surface area contributed by atoms with Crippen LogP contribution in [0.2, 0.25) is 5.02 Å². The molecule has 1 aromatic carbocycles. The molecular formula is C14H20ClNS. The summed E-state index contributed by atoms with van der Waals surface area (Å²) in [5, 5.41) is 4.45. The third-order valence-corrected chi connectivity index (χ3v) is 4.52. The zero-order valence-electron chi connectivity index (χ0n) is 10.3. The van der Waals surface area contributed by atoms with Crippen molar-refractivity contribution < 1.29 is 0 Å². The Morgan fingerprint density at radius 3 is 2.94 bits per heavy atom. The molecule has 0 atom stereocenters. The monoisotopic (exact) mass is 269 g/mol. The van der Waals surface area contributed by atoms with Crippen molar-refractivity contribution in [1.29, 1.82) is 0 Å². The summed E-state index contributed by atoms with van der Waals surface area (Å²) in [6.45, 7) is 3.15. The molecule has 1 fully saturated rings. The predicted octanol–water partition coefficient (Wildman–Crippen LogP) is 4.48. The summed E-state index contributed by atoms with van der Waals surface area (Å²) in [4.78, 5) is 1.35. The lowest BCUT2D eigenvalue weighted by Gasteiger charge is -2.11. The van der Waals surface area contributed by atoms with Crippen LogP contribution in [0, 0.1) is 0 Å². The molecule has 2 rings (SSSR count). The summed E-state index contributed by atoms with van der Waals surface area (Å²) in [6, 6.07) is 6.97. The molecule has 1 nitrogen and oxygen atoms in total. The molecule has 94 valence electrons. The smallest absolute Gasteiger partial charge is 0.0462 e. The van der Waals surface area contributed by atoms with E-state index in [4.69, 9.17) is 11.6 Å². The minimum atomic E-state index is 0.736. The lowest BCUT2D eigenvalue weighted by atomic mass is 10.2. The van der Waals surface area contributed by atoms with Gasteiger partial charge in [-0.05, 0) is 42.7 Å². The summed E-state index contributed by atoms with van der Waals surface area (Å²) >= 11 is 8.23. The van der Waals surface area contributed by atoms with Crippen LogP contribution in [0.3, 0.4) is 0 Å². The SMILES string of the molecule is CCCCSc1cccc(Cl)c1CNC1CC1. The highest BCUT2D eigenvalue weighted by molar-refractivity contribution is 7.99. The Labute approximate surface area is 113 Å². The van der Waals surface area contributed by atoms with Gasteiger partial charge in [-0.25, -0.2) is 0 Å². The number of benzene rings is 1. The van der Waals surface area contributed by atoms with Crippen molar-refractivity contribution in [3.05, 3.63) is 28.8 Å². The number of rotatable bonds is 7. The van der Waals surface area contributed by atoms with Gasteiger partial charge in [-0.3, -0.25) is 0 Å². The Bertz CT molecular complexity index is 363. The summed E-state index contributed by atoms with van der Waals surface area (Å²) < 4.78 is 0. The number of thioether (sulfide) groups is 1. The maximum Gasteiger partial charge on any atom is 0.0462 e. The molecule has 1 saturated carbocycles. The fourth-order valence-corrected chi connectivity index (χ4v) is 3.19. The quantitative estimate of drug-likeness (QED) is 0.578. The van der Waals surface area contributed by atoms with E-state index >= 15 is 0 Å². The third-order valence-electron chi connectivity index (χ3n) is 2.98. The Morgan fingerprint density at radius 1 is 1.41 bits per heavy atom. The predicted molar refractivity (Wildman–Crippen MR) is 76.9 cm³/mol. The van der Waals surface area contributed by atoms with Gasteiger partial charge in [0.05, 0.1) is 0 Å². The van der Waals surface area contributed by atoms with Crippen molar-refractivity contribution in [1.82, 2.24) is 5.32 Å². The first kappa shape index (κ1) is 13.3. The minimum absolute atomic E-state index is 0.736. The van der Waals surface area contributed by atoms with Gasteiger partial charge in [0, 0.05) is 22.5 Å². The fourth-order valence-electron chi connectivity index (χ4n) is 1.71. The molecule has 1 N–H and O–H groups in total. The molecule has 0 aliphatic heterocycles. The normalized spacial score (nSPS) is 15.2. The van der Waals surface area contributed by atoms with Crippen molar-refractivity contribution >= 4 is 23.4 Å². The average Bonchev–Trinajstić information content (AvgIpc) is 3.12. The summed E-state index contributed by atoms with van der Waals surface area (Å²) in [6.07, 6.45) is 5.17. The largest absolute Gasteiger partial charge is 0.310 e.